The molecule has 0 radical (unpaired) electrons. The smallest absolute Gasteiger partial charge is 0.0372 e. The molecular formula is C22H32N2. The predicted octanol–water partition coefficient (Wildman–Crippen LogP) is 5.51. The molecule has 4 aliphatic rings. The highest BCUT2D eigenvalue weighted by atomic mass is 15.2. The number of piperidine rings is 4. The SMILES string of the molecule is c1cc(N2C3CCCC2CCC3)ccc1N1C2CCCC1CCC2. The van der Waals surface area contributed by atoms with Gasteiger partial charge in [-0.2, -0.15) is 0 Å². The molecule has 1 aromatic carbocycles. The van der Waals surface area contributed by atoms with Crippen LogP contribution < -0.4 is 9.80 Å². The summed E-state index contributed by atoms with van der Waals surface area (Å²) in [5, 5.41) is 0. The molecule has 0 saturated carbocycles. The lowest BCUT2D eigenvalue weighted by Crippen LogP contribution is -2.50. The highest BCUT2D eigenvalue weighted by Gasteiger charge is 2.35. The molecule has 4 saturated heterocycles. The molecule has 0 aliphatic carbocycles. The molecule has 24 heavy (non-hydrogen) atoms. The van der Waals surface area contributed by atoms with Crippen molar-refractivity contribution in [2.75, 3.05) is 9.80 Å². The number of rotatable bonds is 2. The lowest BCUT2D eigenvalue weighted by molar-refractivity contribution is 0.295. The van der Waals surface area contributed by atoms with Crippen LogP contribution in [-0.2, 0) is 0 Å². The van der Waals surface area contributed by atoms with Crippen molar-refractivity contribution in [3.05, 3.63) is 24.3 Å². The van der Waals surface area contributed by atoms with Crippen LogP contribution in [-0.4, -0.2) is 24.2 Å². The number of anilines is 2. The largest absolute Gasteiger partial charge is 0.366 e. The molecule has 4 heterocycles. The van der Waals surface area contributed by atoms with Crippen LogP contribution in [0.2, 0.25) is 0 Å². The average molecular weight is 325 g/mol. The van der Waals surface area contributed by atoms with Gasteiger partial charge in [0.2, 0.25) is 0 Å². The summed E-state index contributed by atoms with van der Waals surface area (Å²) in [6, 6.07) is 13.0. The van der Waals surface area contributed by atoms with E-state index in [4.69, 9.17) is 0 Å². The van der Waals surface area contributed by atoms with Gasteiger partial charge in [0.15, 0.2) is 0 Å². The van der Waals surface area contributed by atoms with E-state index in [0.29, 0.717) is 0 Å². The van der Waals surface area contributed by atoms with Gasteiger partial charge in [-0.05, 0) is 101 Å². The Hall–Kier alpha value is -1.18. The van der Waals surface area contributed by atoms with Crippen LogP contribution in [0.15, 0.2) is 24.3 Å². The van der Waals surface area contributed by atoms with E-state index in [-0.39, 0.29) is 0 Å². The fourth-order valence-corrected chi connectivity index (χ4v) is 6.28. The van der Waals surface area contributed by atoms with Crippen molar-refractivity contribution in [1.29, 1.82) is 0 Å². The van der Waals surface area contributed by atoms with E-state index in [0.717, 1.165) is 24.2 Å². The third kappa shape index (κ3) is 2.53. The van der Waals surface area contributed by atoms with Gasteiger partial charge in [0.1, 0.15) is 0 Å². The van der Waals surface area contributed by atoms with Crippen LogP contribution in [0.3, 0.4) is 0 Å². The molecule has 4 aliphatic heterocycles. The van der Waals surface area contributed by atoms with Crippen molar-refractivity contribution in [3.8, 4) is 0 Å². The Morgan fingerprint density at radius 1 is 0.458 bits per heavy atom. The molecule has 4 fully saturated rings. The highest BCUT2D eigenvalue weighted by molar-refractivity contribution is 5.59. The lowest BCUT2D eigenvalue weighted by Gasteiger charge is -2.49. The molecule has 2 nitrogen and oxygen atoms in total. The van der Waals surface area contributed by atoms with Gasteiger partial charge in [0.25, 0.3) is 0 Å². The zero-order chi connectivity index (χ0) is 15.9. The standard InChI is InChI=1S/C22H32N2/c1-5-17-7-2-8-18(6-1)23(17)21-13-15-22(16-14-21)24-19-9-3-10-20(24)12-4-11-19/h13-20H,1-12H2. The molecule has 0 unspecified atom stereocenters. The minimum absolute atomic E-state index is 0.817. The first-order valence-corrected chi connectivity index (χ1v) is 10.6. The van der Waals surface area contributed by atoms with Crippen LogP contribution in [0.4, 0.5) is 11.4 Å². The maximum atomic E-state index is 2.79. The first-order chi connectivity index (χ1) is 11.9. The van der Waals surface area contributed by atoms with E-state index in [2.05, 4.69) is 34.1 Å². The highest BCUT2D eigenvalue weighted by Crippen LogP contribution is 2.40. The maximum absolute atomic E-state index is 2.79. The number of hydrogen-bond donors (Lipinski definition) is 0. The van der Waals surface area contributed by atoms with Gasteiger partial charge in [-0.1, -0.05) is 0 Å². The summed E-state index contributed by atoms with van der Waals surface area (Å²) in [5.74, 6) is 0. The van der Waals surface area contributed by atoms with E-state index in [1.165, 1.54) is 88.4 Å². The second-order valence-electron chi connectivity index (χ2n) is 8.67. The van der Waals surface area contributed by atoms with E-state index in [9.17, 15) is 0 Å². The monoisotopic (exact) mass is 324 g/mol. The Balaban J connectivity index is 1.39. The Morgan fingerprint density at radius 2 is 0.708 bits per heavy atom. The second kappa shape index (κ2) is 6.28. The average Bonchev–Trinajstić information content (AvgIpc) is 2.60. The quantitative estimate of drug-likeness (QED) is 0.708. The topological polar surface area (TPSA) is 6.48 Å². The van der Waals surface area contributed by atoms with Crippen LogP contribution in [0.25, 0.3) is 0 Å². The fraction of sp³-hybridized carbons (Fsp3) is 0.727. The fourth-order valence-electron chi connectivity index (χ4n) is 6.28. The summed E-state index contributed by atoms with van der Waals surface area (Å²) < 4.78 is 0. The first-order valence-electron chi connectivity index (χ1n) is 10.6. The van der Waals surface area contributed by atoms with Crippen LogP contribution >= 0.6 is 0 Å². The van der Waals surface area contributed by atoms with Crippen molar-refractivity contribution < 1.29 is 0 Å². The van der Waals surface area contributed by atoms with Gasteiger partial charge in [-0.25, -0.2) is 0 Å². The van der Waals surface area contributed by atoms with Crippen molar-refractivity contribution in [2.24, 2.45) is 0 Å². The molecule has 0 amide bonds. The van der Waals surface area contributed by atoms with E-state index >= 15 is 0 Å². The van der Waals surface area contributed by atoms with Gasteiger partial charge < -0.3 is 9.80 Å². The van der Waals surface area contributed by atoms with Crippen LogP contribution in [0.1, 0.15) is 77.0 Å². The summed E-state index contributed by atoms with van der Waals surface area (Å²) in [7, 11) is 0. The molecule has 2 heteroatoms. The van der Waals surface area contributed by atoms with Crippen LogP contribution in [0, 0.1) is 0 Å². The summed E-state index contributed by atoms with van der Waals surface area (Å²) in [4.78, 5) is 5.57. The zero-order valence-corrected chi connectivity index (χ0v) is 15.0. The van der Waals surface area contributed by atoms with Gasteiger partial charge >= 0.3 is 0 Å². The first kappa shape index (κ1) is 15.1. The summed E-state index contributed by atoms with van der Waals surface area (Å²) in [5.41, 5.74) is 2.99. The number of nitrogens with zero attached hydrogens (tertiary/aromatic N) is 2. The Labute approximate surface area is 147 Å². The Kier molecular flexibility index (Phi) is 3.95. The molecule has 1 aromatic rings. The normalized spacial score (nSPS) is 35.8. The number of benzene rings is 1. The number of hydrogen-bond acceptors (Lipinski definition) is 2. The van der Waals surface area contributed by atoms with Crippen molar-refractivity contribution in [3.63, 3.8) is 0 Å². The predicted molar refractivity (Wildman–Crippen MR) is 102 cm³/mol. The third-order valence-corrected chi connectivity index (χ3v) is 7.32. The zero-order valence-electron chi connectivity index (χ0n) is 15.0. The molecule has 0 atom stereocenters. The van der Waals surface area contributed by atoms with Crippen molar-refractivity contribution in [2.45, 2.75) is 101 Å². The van der Waals surface area contributed by atoms with E-state index in [1.807, 2.05) is 0 Å². The summed E-state index contributed by atoms with van der Waals surface area (Å²) in [6.45, 7) is 0. The minimum Gasteiger partial charge on any atom is -0.366 e. The maximum Gasteiger partial charge on any atom is 0.0372 e. The van der Waals surface area contributed by atoms with Gasteiger partial charge in [-0.15, -0.1) is 0 Å². The van der Waals surface area contributed by atoms with E-state index < -0.39 is 0 Å². The second-order valence-corrected chi connectivity index (χ2v) is 8.67. The minimum atomic E-state index is 0.817. The van der Waals surface area contributed by atoms with Crippen LogP contribution in [0.5, 0.6) is 0 Å². The van der Waals surface area contributed by atoms with Gasteiger partial charge in [0, 0.05) is 35.5 Å². The van der Waals surface area contributed by atoms with Crippen molar-refractivity contribution >= 4 is 11.4 Å². The molecule has 4 bridgehead atoms. The molecule has 0 N–H and O–H groups in total. The lowest BCUT2D eigenvalue weighted by atomic mass is 9.83. The molecule has 0 aromatic heterocycles. The van der Waals surface area contributed by atoms with E-state index in [1.54, 1.807) is 0 Å². The Bertz CT molecular complexity index is 471. The molecule has 5 rings (SSSR count). The Morgan fingerprint density at radius 3 is 0.958 bits per heavy atom. The molecular weight excluding hydrogens is 292 g/mol. The van der Waals surface area contributed by atoms with Gasteiger partial charge in [-0.3, -0.25) is 0 Å². The summed E-state index contributed by atoms with van der Waals surface area (Å²) in [6.07, 6.45) is 17.1. The van der Waals surface area contributed by atoms with Gasteiger partial charge in [0.05, 0.1) is 0 Å². The molecule has 130 valence electrons. The number of fused-ring (bicyclic) bond motifs is 4. The summed E-state index contributed by atoms with van der Waals surface area (Å²) >= 11 is 0. The van der Waals surface area contributed by atoms with Crippen molar-refractivity contribution in [1.82, 2.24) is 0 Å². The third-order valence-electron chi connectivity index (χ3n) is 7.32. The molecule has 0 spiro atoms.